The van der Waals surface area contributed by atoms with Crippen molar-refractivity contribution in [1.29, 1.82) is 0 Å². The molecule has 0 N–H and O–H groups in total. The smallest absolute Gasteiger partial charge is 0.137 e. The van der Waals surface area contributed by atoms with E-state index < -0.39 is 0 Å². The van der Waals surface area contributed by atoms with Crippen molar-refractivity contribution in [2.75, 3.05) is 4.90 Å². The lowest BCUT2D eigenvalue weighted by atomic mass is 9.98. The molecule has 0 radical (unpaired) electrons. The van der Waals surface area contributed by atoms with E-state index in [1.165, 1.54) is 38.1 Å². The Kier molecular flexibility index (Phi) is 7.17. The van der Waals surface area contributed by atoms with Gasteiger partial charge in [0.1, 0.15) is 11.2 Å². The van der Waals surface area contributed by atoms with Gasteiger partial charge in [-0.25, -0.2) is 0 Å². The van der Waals surface area contributed by atoms with E-state index in [2.05, 4.69) is 204 Å². The van der Waals surface area contributed by atoms with E-state index >= 15 is 0 Å². The highest BCUT2D eigenvalue weighted by Gasteiger charge is 2.20. The number of hydrogen-bond donors (Lipinski definition) is 0. The molecule has 2 aromatic heterocycles. The summed E-state index contributed by atoms with van der Waals surface area (Å²) in [7, 11) is 0. The zero-order valence-electron chi connectivity index (χ0n) is 29.9. The van der Waals surface area contributed by atoms with E-state index in [9.17, 15) is 0 Å². The van der Waals surface area contributed by atoms with E-state index in [0.29, 0.717) is 0 Å². The molecule has 0 atom stereocenters. The molecule has 3 nitrogen and oxygen atoms in total. The number of rotatable bonds is 6. The highest BCUT2D eigenvalue weighted by Crippen LogP contribution is 2.44. The zero-order chi connectivity index (χ0) is 36.3. The molecule has 0 bridgehead atoms. The van der Waals surface area contributed by atoms with E-state index in [4.69, 9.17) is 4.42 Å². The number of hydrogen-bond acceptors (Lipinski definition) is 2. The summed E-state index contributed by atoms with van der Waals surface area (Å²) in [5, 5.41) is 7.19. The van der Waals surface area contributed by atoms with Crippen molar-refractivity contribution >= 4 is 71.6 Å². The summed E-state index contributed by atoms with van der Waals surface area (Å²) in [5.74, 6) is 0. The molecular formula is C52H34N2O. The molecule has 0 unspecified atom stereocenters. The Balaban J connectivity index is 1.08. The van der Waals surface area contributed by atoms with Crippen LogP contribution < -0.4 is 4.90 Å². The Bertz CT molecular complexity index is 3210. The van der Waals surface area contributed by atoms with Crippen molar-refractivity contribution in [3.8, 4) is 27.9 Å². The van der Waals surface area contributed by atoms with Gasteiger partial charge in [-0.05, 0) is 100 Å². The lowest BCUT2D eigenvalue weighted by Gasteiger charge is -2.28. The summed E-state index contributed by atoms with van der Waals surface area (Å²) in [6.07, 6.45) is 0. The lowest BCUT2D eigenvalue weighted by Crippen LogP contribution is -2.11. The Morgan fingerprint density at radius 3 is 1.95 bits per heavy atom. The highest BCUT2D eigenvalue weighted by atomic mass is 16.3. The van der Waals surface area contributed by atoms with Gasteiger partial charge in [0, 0.05) is 50.2 Å². The van der Waals surface area contributed by atoms with Crippen molar-refractivity contribution in [1.82, 2.24) is 4.57 Å². The topological polar surface area (TPSA) is 21.3 Å². The van der Waals surface area contributed by atoms with Crippen molar-refractivity contribution in [3.63, 3.8) is 0 Å². The minimum atomic E-state index is 0.866. The first kappa shape index (κ1) is 31.2. The maximum atomic E-state index is 6.42. The Morgan fingerprint density at radius 2 is 1.05 bits per heavy atom. The molecule has 0 fully saturated rings. The molecule has 0 amide bonds. The van der Waals surface area contributed by atoms with Crippen LogP contribution in [0, 0.1) is 0 Å². The van der Waals surface area contributed by atoms with E-state index in [1.54, 1.807) is 0 Å². The van der Waals surface area contributed by atoms with Gasteiger partial charge in [-0.1, -0.05) is 127 Å². The molecule has 55 heavy (non-hydrogen) atoms. The van der Waals surface area contributed by atoms with Crippen LogP contribution in [-0.4, -0.2) is 4.57 Å². The zero-order valence-corrected chi connectivity index (χ0v) is 29.9. The summed E-state index contributed by atoms with van der Waals surface area (Å²) in [6, 6.07) is 74.0. The quantitative estimate of drug-likeness (QED) is 0.172. The number of anilines is 3. The minimum absolute atomic E-state index is 0.866. The molecule has 258 valence electrons. The molecular weight excluding hydrogens is 669 g/mol. The summed E-state index contributed by atoms with van der Waals surface area (Å²) in [6.45, 7) is 0. The maximum absolute atomic E-state index is 6.42. The highest BCUT2D eigenvalue weighted by molar-refractivity contribution is 6.14. The first-order valence-electron chi connectivity index (χ1n) is 18.8. The third-order valence-electron chi connectivity index (χ3n) is 10.9. The van der Waals surface area contributed by atoms with Gasteiger partial charge in [-0.3, -0.25) is 0 Å². The van der Waals surface area contributed by atoms with Gasteiger partial charge in [0.05, 0.1) is 16.7 Å². The van der Waals surface area contributed by atoms with Crippen LogP contribution >= 0.6 is 0 Å². The average molecular weight is 703 g/mol. The third kappa shape index (κ3) is 5.20. The molecule has 9 aromatic carbocycles. The van der Waals surface area contributed by atoms with Crippen LogP contribution in [0.4, 0.5) is 17.1 Å². The number of benzene rings is 9. The molecule has 0 aliphatic rings. The monoisotopic (exact) mass is 702 g/mol. The van der Waals surface area contributed by atoms with Crippen LogP contribution in [0.15, 0.2) is 211 Å². The first-order valence-corrected chi connectivity index (χ1v) is 18.8. The summed E-state index contributed by atoms with van der Waals surface area (Å²) < 4.78 is 8.81. The predicted octanol–water partition coefficient (Wildman–Crippen LogP) is 14.6. The Morgan fingerprint density at radius 1 is 0.364 bits per heavy atom. The molecule has 3 heteroatoms. The van der Waals surface area contributed by atoms with Crippen molar-refractivity contribution in [2.24, 2.45) is 0 Å². The molecule has 0 aliphatic carbocycles. The van der Waals surface area contributed by atoms with Crippen LogP contribution in [0.5, 0.6) is 0 Å². The Hall–Kier alpha value is -7.36. The van der Waals surface area contributed by atoms with Crippen LogP contribution in [0.1, 0.15) is 0 Å². The fourth-order valence-electron chi connectivity index (χ4n) is 8.38. The molecule has 0 saturated carbocycles. The molecule has 0 saturated heterocycles. The van der Waals surface area contributed by atoms with E-state index in [-0.39, 0.29) is 0 Å². The predicted molar refractivity (Wildman–Crippen MR) is 231 cm³/mol. The normalized spacial score (nSPS) is 11.6. The number of fused-ring (bicyclic) bond motifs is 7. The SMILES string of the molecule is c1ccc(-c2ccccc2N(c2cccc(-c3ccc4cc5c6ccccc6n(-c6ccccc6)c5cc4c3)c2)c2ccc3c(c2)oc2ccccc23)cc1. The van der Waals surface area contributed by atoms with Crippen molar-refractivity contribution < 1.29 is 4.42 Å². The average Bonchev–Trinajstić information content (AvgIpc) is 3.78. The standard InChI is InChI=1S/C52H34N2O/c1-3-14-35(15-4-1)43-20-7-10-23-48(43)53(42-28-29-46-45-22-9-12-25-51(45)55-52(46)34-42)41-19-13-16-36(31-41)37-26-27-38-32-47-44-21-8-11-24-49(44)54(40-17-5-2-6-18-40)50(47)33-39(38)30-37/h1-34H. The summed E-state index contributed by atoms with van der Waals surface area (Å²) >= 11 is 0. The van der Waals surface area contributed by atoms with Gasteiger partial charge in [0.25, 0.3) is 0 Å². The molecule has 11 aromatic rings. The molecule has 0 spiro atoms. The van der Waals surface area contributed by atoms with Gasteiger partial charge >= 0.3 is 0 Å². The molecule has 11 rings (SSSR count). The van der Waals surface area contributed by atoms with E-state index in [1.807, 2.05) is 12.1 Å². The number of nitrogens with zero attached hydrogens (tertiary/aromatic N) is 2. The second kappa shape index (κ2) is 12.6. The summed E-state index contributed by atoms with van der Waals surface area (Å²) in [4.78, 5) is 2.36. The lowest BCUT2D eigenvalue weighted by molar-refractivity contribution is 0.669. The van der Waals surface area contributed by atoms with Crippen molar-refractivity contribution in [2.45, 2.75) is 0 Å². The van der Waals surface area contributed by atoms with Gasteiger partial charge in [-0.15, -0.1) is 0 Å². The van der Waals surface area contributed by atoms with Gasteiger partial charge in [-0.2, -0.15) is 0 Å². The number of para-hydroxylation sites is 4. The van der Waals surface area contributed by atoms with Gasteiger partial charge in [0.2, 0.25) is 0 Å². The van der Waals surface area contributed by atoms with Gasteiger partial charge in [0.15, 0.2) is 0 Å². The summed E-state index contributed by atoms with van der Waals surface area (Å²) in [5.41, 5.74) is 13.2. The maximum Gasteiger partial charge on any atom is 0.137 e. The third-order valence-corrected chi connectivity index (χ3v) is 10.9. The molecule has 0 aliphatic heterocycles. The number of furan rings is 1. The fraction of sp³-hybridized carbons (Fsp3) is 0. The number of aromatic nitrogens is 1. The van der Waals surface area contributed by atoms with E-state index in [0.717, 1.165) is 61.4 Å². The van der Waals surface area contributed by atoms with Crippen LogP contribution in [0.25, 0.3) is 82.5 Å². The van der Waals surface area contributed by atoms with Crippen molar-refractivity contribution in [3.05, 3.63) is 206 Å². The second-order valence-corrected chi connectivity index (χ2v) is 14.2. The van der Waals surface area contributed by atoms with Crippen LogP contribution in [-0.2, 0) is 0 Å². The fourth-order valence-corrected chi connectivity index (χ4v) is 8.38. The first-order chi connectivity index (χ1) is 27.3. The second-order valence-electron chi connectivity index (χ2n) is 14.2. The van der Waals surface area contributed by atoms with Crippen LogP contribution in [0.2, 0.25) is 0 Å². The largest absolute Gasteiger partial charge is 0.456 e. The minimum Gasteiger partial charge on any atom is -0.456 e. The molecule has 2 heterocycles. The Labute approximate surface area is 318 Å². The van der Waals surface area contributed by atoms with Crippen LogP contribution in [0.3, 0.4) is 0 Å². The van der Waals surface area contributed by atoms with Gasteiger partial charge < -0.3 is 13.9 Å².